The van der Waals surface area contributed by atoms with E-state index in [0.29, 0.717) is 24.3 Å². The predicted octanol–water partition coefficient (Wildman–Crippen LogP) is 1.63. The lowest BCUT2D eigenvalue weighted by molar-refractivity contribution is -0.126. The van der Waals surface area contributed by atoms with Crippen molar-refractivity contribution in [2.24, 2.45) is 0 Å². The summed E-state index contributed by atoms with van der Waals surface area (Å²) in [6.45, 7) is 0.604. The quantitative estimate of drug-likeness (QED) is 0.920. The third kappa shape index (κ3) is 2.29. The molecule has 1 saturated heterocycles. The highest BCUT2D eigenvalue weighted by atomic mass is 19.1. The molecule has 0 unspecified atom stereocenters. The maximum atomic E-state index is 13.8. The Bertz CT molecular complexity index is 648. The Morgan fingerprint density at radius 2 is 2.25 bits per heavy atom. The molecule has 1 fully saturated rings. The first-order valence-corrected chi connectivity index (χ1v) is 6.23. The molecule has 3 rings (SSSR count). The van der Waals surface area contributed by atoms with Crippen LogP contribution in [0.15, 0.2) is 30.9 Å². The Kier molecular flexibility index (Phi) is 3.24. The molecule has 1 N–H and O–H groups in total. The third-order valence-electron chi connectivity index (χ3n) is 3.04. The van der Waals surface area contributed by atoms with Crippen molar-refractivity contribution >= 4 is 11.7 Å². The largest absolute Gasteiger partial charge is 0.279 e. The molecule has 2 aromatic heterocycles. The lowest BCUT2D eigenvalue weighted by Crippen LogP contribution is -2.31. The van der Waals surface area contributed by atoms with Gasteiger partial charge in [0.15, 0.2) is 5.82 Å². The molecule has 102 valence electrons. The van der Waals surface area contributed by atoms with Gasteiger partial charge in [0.05, 0.1) is 5.56 Å². The van der Waals surface area contributed by atoms with Gasteiger partial charge in [-0.3, -0.25) is 20.2 Å². The van der Waals surface area contributed by atoms with Crippen LogP contribution in [0, 0.1) is 5.82 Å². The summed E-state index contributed by atoms with van der Waals surface area (Å²) in [6, 6.07) is 2.83. The van der Waals surface area contributed by atoms with Crippen molar-refractivity contribution < 1.29 is 9.18 Å². The van der Waals surface area contributed by atoms with Gasteiger partial charge in [-0.2, -0.15) is 0 Å². The summed E-state index contributed by atoms with van der Waals surface area (Å²) in [6.07, 6.45) is 5.61. The zero-order valence-corrected chi connectivity index (χ0v) is 10.6. The van der Waals surface area contributed by atoms with Crippen LogP contribution in [0.2, 0.25) is 0 Å². The average molecular weight is 273 g/mol. The first-order chi connectivity index (χ1) is 9.75. The van der Waals surface area contributed by atoms with Gasteiger partial charge in [0.1, 0.15) is 17.8 Å². The molecule has 1 aliphatic heterocycles. The summed E-state index contributed by atoms with van der Waals surface area (Å²) in [7, 11) is 0. The molecule has 2 aromatic rings. The monoisotopic (exact) mass is 273 g/mol. The Morgan fingerprint density at radius 1 is 1.35 bits per heavy atom. The number of aromatic nitrogens is 3. The minimum absolute atomic E-state index is 0.00365. The van der Waals surface area contributed by atoms with Crippen molar-refractivity contribution in [3.63, 3.8) is 0 Å². The van der Waals surface area contributed by atoms with Crippen LogP contribution < -0.4 is 5.43 Å². The fourth-order valence-corrected chi connectivity index (χ4v) is 2.07. The number of amides is 1. The number of halogens is 1. The number of rotatable bonds is 3. The highest BCUT2D eigenvalue weighted by molar-refractivity contribution is 5.81. The predicted molar refractivity (Wildman–Crippen MR) is 69.8 cm³/mol. The van der Waals surface area contributed by atoms with Crippen molar-refractivity contribution in [3.05, 3.63) is 36.7 Å². The van der Waals surface area contributed by atoms with Crippen LogP contribution in [0.4, 0.5) is 10.2 Å². The van der Waals surface area contributed by atoms with E-state index in [1.165, 1.54) is 35.9 Å². The molecule has 0 bridgehead atoms. The van der Waals surface area contributed by atoms with E-state index in [1.54, 1.807) is 0 Å². The zero-order valence-electron chi connectivity index (χ0n) is 10.6. The maximum absolute atomic E-state index is 13.8. The zero-order chi connectivity index (χ0) is 13.9. The fraction of sp³-hybridized carbons (Fsp3) is 0.231. The Morgan fingerprint density at radius 3 is 3.00 bits per heavy atom. The minimum Gasteiger partial charge on any atom is -0.279 e. The summed E-state index contributed by atoms with van der Waals surface area (Å²) in [4.78, 5) is 23.6. The molecule has 0 atom stereocenters. The van der Waals surface area contributed by atoms with Crippen LogP contribution in [-0.4, -0.2) is 32.4 Å². The molecule has 3 heterocycles. The molecule has 6 nitrogen and oxygen atoms in total. The number of nitrogens with one attached hydrogen (secondary N) is 1. The van der Waals surface area contributed by atoms with Crippen LogP contribution in [-0.2, 0) is 4.79 Å². The van der Waals surface area contributed by atoms with E-state index in [-0.39, 0.29) is 11.6 Å². The molecule has 1 amide bonds. The molecule has 0 aliphatic carbocycles. The topological polar surface area (TPSA) is 71.0 Å². The van der Waals surface area contributed by atoms with E-state index < -0.39 is 5.82 Å². The van der Waals surface area contributed by atoms with Crippen molar-refractivity contribution in [1.29, 1.82) is 0 Å². The summed E-state index contributed by atoms with van der Waals surface area (Å²) in [5, 5.41) is 1.48. The van der Waals surface area contributed by atoms with Crippen molar-refractivity contribution in [2.45, 2.75) is 12.8 Å². The number of hydrazine groups is 1. The molecule has 0 radical (unpaired) electrons. The standard InChI is InChI=1S/C13H12FN5O/c14-10-3-1-5-16-12(10)9-7-15-8-17-13(9)18-19-6-2-4-11(19)20/h1,3,5,7-8H,2,4,6H2,(H,15,17,18). The van der Waals surface area contributed by atoms with Gasteiger partial charge < -0.3 is 0 Å². The van der Waals surface area contributed by atoms with E-state index in [1.807, 2.05) is 0 Å². The summed E-state index contributed by atoms with van der Waals surface area (Å²) in [5.74, 6) is -0.0954. The number of nitrogens with zero attached hydrogens (tertiary/aromatic N) is 4. The molecular weight excluding hydrogens is 261 g/mol. The van der Waals surface area contributed by atoms with Gasteiger partial charge >= 0.3 is 0 Å². The van der Waals surface area contributed by atoms with Gasteiger partial charge in [-0.05, 0) is 18.6 Å². The molecule has 7 heteroatoms. The second kappa shape index (κ2) is 5.20. The highest BCUT2D eigenvalue weighted by Gasteiger charge is 2.22. The normalized spacial score (nSPS) is 14.7. The van der Waals surface area contributed by atoms with Gasteiger partial charge in [0, 0.05) is 25.4 Å². The second-order valence-corrected chi connectivity index (χ2v) is 4.38. The fourth-order valence-electron chi connectivity index (χ4n) is 2.07. The lowest BCUT2D eigenvalue weighted by atomic mass is 10.2. The second-order valence-electron chi connectivity index (χ2n) is 4.38. The van der Waals surface area contributed by atoms with Crippen molar-refractivity contribution in [2.75, 3.05) is 12.0 Å². The summed E-state index contributed by atoms with van der Waals surface area (Å²) < 4.78 is 13.8. The molecule has 0 spiro atoms. The maximum Gasteiger partial charge on any atom is 0.241 e. The molecule has 20 heavy (non-hydrogen) atoms. The first kappa shape index (κ1) is 12.5. The Hall–Kier alpha value is -2.57. The summed E-state index contributed by atoms with van der Waals surface area (Å²) >= 11 is 0. The van der Waals surface area contributed by atoms with Crippen LogP contribution >= 0.6 is 0 Å². The Balaban J connectivity index is 1.96. The highest BCUT2D eigenvalue weighted by Crippen LogP contribution is 2.26. The number of pyridine rings is 1. The third-order valence-corrected chi connectivity index (χ3v) is 3.04. The number of carbonyl (C=O) groups excluding carboxylic acids is 1. The SMILES string of the molecule is O=C1CCCN1Nc1ncncc1-c1ncccc1F. The van der Waals surface area contributed by atoms with Crippen LogP contribution in [0.25, 0.3) is 11.3 Å². The van der Waals surface area contributed by atoms with E-state index in [2.05, 4.69) is 20.4 Å². The number of carbonyl (C=O) groups is 1. The average Bonchev–Trinajstić information content (AvgIpc) is 2.86. The van der Waals surface area contributed by atoms with E-state index in [9.17, 15) is 9.18 Å². The number of anilines is 1. The van der Waals surface area contributed by atoms with Gasteiger partial charge in [-0.25, -0.2) is 14.4 Å². The van der Waals surface area contributed by atoms with Crippen LogP contribution in [0.3, 0.4) is 0 Å². The van der Waals surface area contributed by atoms with Gasteiger partial charge in [-0.15, -0.1) is 0 Å². The van der Waals surface area contributed by atoms with E-state index in [0.717, 1.165) is 6.42 Å². The minimum atomic E-state index is -0.460. The molecule has 0 aromatic carbocycles. The van der Waals surface area contributed by atoms with Crippen molar-refractivity contribution in [1.82, 2.24) is 20.0 Å². The van der Waals surface area contributed by atoms with E-state index >= 15 is 0 Å². The van der Waals surface area contributed by atoms with Crippen LogP contribution in [0.5, 0.6) is 0 Å². The molecule has 0 saturated carbocycles. The lowest BCUT2D eigenvalue weighted by Gasteiger charge is -2.19. The molecular formula is C13H12FN5O. The number of hydrogen-bond acceptors (Lipinski definition) is 5. The van der Waals surface area contributed by atoms with Gasteiger partial charge in [0.25, 0.3) is 0 Å². The van der Waals surface area contributed by atoms with Gasteiger partial charge in [-0.1, -0.05) is 0 Å². The first-order valence-electron chi connectivity index (χ1n) is 6.23. The van der Waals surface area contributed by atoms with Crippen LogP contribution in [0.1, 0.15) is 12.8 Å². The molecule has 1 aliphatic rings. The van der Waals surface area contributed by atoms with Gasteiger partial charge in [0.2, 0.25) is 5.91 Å². The number of hydrogen-bond donors (Lipinski definition) is 1. The van der Waals surface area contributed by atoms with E-state index in [4.69, 9.17) is 0 Å². The smallest absolute Gasteiger partial charge is 0.241 e. The Labute approximate surface area is 114 Å². The summed E-state index contributed by atoms with van der Waals surface area (Å²) in [5.41, 5.74) is 3.49. The van der Waals surface area contributed by atoms with Crippen molar-refractivity contribution in [3.8, 4) is 11.3 Å².